The van der Waals surface area contributed by atoms with Gasteiger partial charge in [0.2, 0.25) is 0 Å². The Bertz CT molecular complexity index is 846. The fraction of sp³-hybridized carbons (Fsp3) is 0.412. The van der Waals surface area contributed by atoms with Crippen molar-refractivity contribution in [3.05, 3.63) is 29.9 Å². The van der Waals surface area contributed by atoms with Gasteiger partial charge in [0, 0.05) is 31.3 Å². The molecule has 3 heterocycles. The standard InChI is InChI=1S/C17H19N5O5/c23-15-9-26-13-8-10(3-4-11(13)20-15)19-17(24)18-6-5-14-21-16(27-22-14)12-2-1-7-25-12/h3-4,8,12H,1-2,5-7,9H2,(H,20,23)(H2,18,19,24). The van der Waals surface area contributed by atoms with Crippen molar-refractivity contribution in [3.63, 3.8) is 0 Å². The highest BCUT2D eigenvalue weighted by molar-refractivity contribution is 5.96. The summed E-state index contributed by atoms with van der Waals surface area (Å²) < 4.78 is 16.0. The number of aromatic nitrogens is 2. The lowest BCUT2D eigenvalue weighted by atomic mass is 10.2. The van der Waals surface area contributed by atoms with Crippen LogP contribution >= 0.6 is 0 Å². The van der Waals surface area contributed by atoms with Crippen molar-refractivity contribution in [2.75, 3.05) is 30.4 Å². The Morgan fingerprint density at radius 3 is 3.15 bits per heavy atom. The molecule has 0 saturated carbocycles. The number of amides is 3. The monoisotopic (exact) mass is 373 g/mol. The first-order valence-electron chi connectivity index (χ1n) is 8.73. The highest BCUT2D eigenvalue weighted by Gasteiger charge is 2.23. The molecule has 142 valence electrons. The fourth-order valence-electron chi connectivity index (χ4n) is 2.89. The van der Waals surface area contributed by atoms with Crippen molar-refractivity contribution in [1.29, 1.82) is 0 Å². The summed E-state index contributed by atoms with van der Waals surface area (Å²) in [7, 11) is 0. The number of nitrogens with one attached hydrogen (secondary N) is 3. The summed E-state index contributed by atoms with van der Waals surface area (Å²) in [5.74, 6) is 1.33. The number of urea groups is 1. The number of rotatable bonds is 5. The first-order valence-corrected chi connectivity index (χ1v) is 8.73. The number of fused-ring (bicyclic) bond motifs is 1. The second-order valence-electron chi connectivity index (χ2n) is 6.23. The van der Waals surface area contributed by atoms with Gasteiger partial charge in [-0.2, -0.15) is 4.98 Å². The summed E-state index contributed by atoms with van der Waals surface area (Å²) in [5.41, 5.74) is 1.14. The van der Waals surface area contributed by atoms with E-state index in [4.69, 9.17) is 14.0 Å². The highest BCUT2D eigenvalue weighted by atomic mass is 16.5. The zero-order chi connectivity index (χ0) is 18.6. The Balaban J connectivity index is 1.25. The zero-order valence-electron chi connectivity index (χ0n) is 14.5. The maximum atomic E-state index is 12.0. The van der Waals surface area contributed by atoms with Crippen LogP contribution < -0.4 is 20.7 Å². The van der Waals surface area contributed by atoms with Crippen molar-refractivity contribution in [2.45, 2.75) is 25.4 Å². The van der Waals surface area contributed by atoms with Gasteiger partial charge in [-0.1, -0.05) is 5.16 Å². The first kappa shape index (κ1) is 17.3. The van der Waals surface area contributed by atoms with E-state index in [1.807, 2.05) is 0 Å². The van der Waals surface area contributed by atoms with E-state index in [9.17, 15) is 9.59 Å². The van der Waals surface area contributed by atoms with Gasteiger partial charge in [-0.25, -0.2) is 4.79 Å². The molecule has 0 radical (unpaired) electrons. The van der Waals surface area contributed by atoms with Gasteiger partial charge in [-0.3, -0.25) is 4.79 Å². The second kappa shape index (κ2) is 7.62. The summed E-state index contributed by atoms with van der Waals surface area (Å²) in [6, 6.07) is 4.65. The topological polar surface area (TPSA) is 128 Å². The molecule has 27 heavy (non-hydrogen) atoms. The average molecular weight is 373 g/mol. The Kier molecular flexibility index (Phi) is 4.88. The molecule has 1 fully saturated rings. The van der Waals surface area contributed by atoms with Gasteiger partial charge in [-0.05, 0) is 25.0 Å². The van der Waals surface area contributed by atoms with E-state index in [1.54, 1.807) is 18.2 Å². The maximum Gasteiger partial charge on any atom is 0.319 e. The van der Waals surface area contributed by atoms with Gasteiger partial charge < -0.3 is 29.9 Å². The molecule has 1 aromatic heterocycles. The van der Waals surface area contributed by atoms with Gasteiger partial charge in [0.1, 0.15) is 11.9 Å². The van der Waals surface area contributed by atoms with Crippen LogP contribution in [-0.2, 0) is 16.0 Å². The van der Waals surface area contributed by atoms with E-state index in [2.05, 4.69) is 26.1 Å². The van der Waals surface area contributed by atoms with E-state index in [-0.39, 0.29) is 24.6 Å². The molecule has 3 N–H and O–H groups in total. The number of ether oxygens (including phenoxy) is 2. The number of carbonyl (C=O) groups is 2. The molecular weight excluding hydrogens is 354 g/mol. The third kappa shape index (κ3) is 4.17. The average Bonchev–Trinajstić information content (AvgIpc) is 3.33. The minimum atomic E-state index is -0.363. The van der Waals surface area contributed by atoms with Crippen LogP contribution in [0, 0.1) is 0 Å². The minimum Gasteiger partial charge on any atom is -0.482 e. The first-order chi connectivity index (χ1) is 13.2. The molecule has 10 heteroatoms. The highest BCUT2D eigenvalue weighted by Crippen LogP contribution is 2.30. The molecule has 2 aliphatic heterocycles. The molecule has 1 atom stereocenters. The van der Waals surface area contributed by atoms with Gasteiger partial charge in [0.05, 0.1) is 5.69 Å². The van der Waals surface area contributed by atoms with E-state index >= 15 is 0 Å². The number of carbonyl (C=O) groups excluding carboxylic acids is 2. The Morgan fingerprint density at radius 2 is 2.30 bits per heavy atom. The van der Waals surface area contributed by atoms with Crippen LogP contribution in [0.25, 0.3) is 0 Å². The van der Waals surface area contributed by atoms with E-state index < -0.39 is 0 Å². The van der Waals surface area contributed by atoms with Gasteiger partial charge in [-0.15, -0.1) is 0 Å². The molecule has 3 amide bonds. The third-order valence-electron chi connectivity index (χ3n) is 4.20. The number of hydrogen-bond donors (Lipinski definition) is 3. The molecule has 2 aromatic rings. The smallest absolute Gasteiger partial charge is 0.319 e. The van der Waals surface area contributed by atoms with Crippen LogP contribution in [0.3, 0.4) is 0 Å². The second-order valence-corrected chi connectivity index (χ2v) is 6.23. The van der Waals surface area contributed by atoms with E-state index in [0.29, 0.717) is 48.4 Å². The quantitative estimate of drug-likeness (QED) is 0.726. The number of nitrogens with zero attached hydrogens (tertiary/aromatic N) is 2. The lowest BCUT2D eigenvalue weighted by Crippen LogP contribution is -2.31. The molecule has 10 nitrogen and oxygen atoms in total. The summed E-state index contributed by atoms with van der Waals surface area (Å²) in [5, 5.41) is 12.0. The van der Waals surface area contributed by atoms with Crippen LogP contribution in [0.2, 0.25) is 0 Å². The van der Waals surface area contributed by atoms with Crippen LogP contribution in [-0.4, -0.2) is 41.8 Å². The van der Waals surface area contributed by atoms with Crippen molar-refractivity contribution < 1.29 is 23.6 Å². The van der Waals surface area contributed by atoms with Crippen molar-refractivity contribution >= 4 is 23.3 Å². The predicted octanol–water partition coefficient (Wildman–Crippen LogP) is 1.62. The third-order valence-corrected chi connectivity index (χ3v) is 4.20. The van der Waals surface area contributed by atoms with Gasteiger partial charge >= 0.3 is 6.03 Å². The van der Waals surface area contributed by atoms with Crippen LogP contribution in [0.5, 0.6) is 5.75 Å². The normalized spacial score (nSPS) is 18.4. The Labute approximate surface area is 154 Å². The number of hydrogen-bond acceptors (Lipinski definition) is 7. The Morgan fingerprint density at radius 1 is 1.37 bits per heavy atom. The largest absolute Gasteiger partial charge is 0.482 e. The summed E-state index contributed by atoms with van der Waals surface area (Å²) >= 11 is 0. The van der Waals surface area contributed by atoms with Crippen LogP contribution in [0.4, 0.5) is 16.2 Å². The summed E-state index contributed by atoms with van der Waals surface area (Å²) in [6.07, 6.45) is 2.21. The molecule has 2 aliphatic rings. The fourth-order valence-corrected chi connectivity index (χ4v) is 2.89. The molecule has 0 aliphatic carbocycles. The molecule has 1 aromatic carbocycles. The minimum absolute atomic E-state index is 0.0404. The Hall–Kier alpha value is -3.14. The van der Waals surface area contributed by atoms with E-state index in [0.717, 1.165) is 12.8 Å². The molecule has 0 bridgehead atoms. The summed E-state index contributed by atoms with van der Waals surface area (Å²) in [4.78, 5) is 27.6. The predicted molar refractivity (Wildman–Crippen MR) is 93.5 cm³/mol. The van der Waals surface area contributed by atoms with Crippen LogP contribution in [0.1, 0.15) is 30.7 Å². The van der Waals surface area contributed by atoms with E-state index in [1.165, 1.54) is 0 Å². The maximum absolute atomic E-state index is 12.0. The number of anilines is 2. The van der Waals surface area contributed by atoms with Crippen molar-refractivity contribution in [3.8, 4) is 5.75 Å². The zero-order valence-corrected chi connectivity index (χ0v) is 14.5. The lowest BCUT2D eigenvalue weighted by molar-refractivity contribution is -0.118. The van der Waals surface area contributed by atoms with Crippen LogP contribution in [0.15, 0.2) is 22.7 Å². The molecular formula is C17H19N5O5. The molecule has 1 saturated heterocycles. The van der Waals surface area contributed by atoms with Crippen molar-refractivity contribution in [2.24, 2.45) is 0 Å². The van der Waals surface area contributed by atoms with Crippen molar-refractivity contribution in [1.82, 2.24) is 15.5 Å². The lowest BCUT2D eigenvalue weighted by Gasteiger charge is -2.18. The molecule has 0 spiro atoms. The van der Waals surface area contributed by atoms with Gasteiger partial charge in [0.15, 0.2) is 12.4 Å². The number of benzene rings is 1. The van der Waals surface area contributed by atoms with Gasteiger partial charge in [0.25, 0.3) is 11.8 Å². The summed E-state index contributed by atoms with van der Waals surface area (Å²) in [6.45, 7) is 1.03. The molecule has 1 unspecified atom stereocenters. The SMILES string of the molecule is O=C1COc2cc(NC(=O)NCCc3noc(C4CCCO4)n3)ccc2N1. The molecule has 4 rings (SSSR count).